The van der Waals surface area contributed by atoms with Crippen LogP contribution in [-0.2, 0) is 36.6 Å². The summed E-state index contributed by atoms with van der Waals surface area (Å²) in [5.74, 6) is 0. The average molecular weight is 322 g/mol. The molecule has 0 atom stereocenters. The van der Waals surface area contributed by atoms with Gasteiger partial charge in [-0.3, -0.25) is 4.57 Å². The molecule has 15 heteroatoms. The first-order valence-corrected chi connectivity index (χ1v) is 6.68. The van der Waals surface area contributed by atoms with E-state index >= 15 is 0 Å². The molecule has 0 bridgehead atoms. The molecule has 88 valence electrons. The Kier molecular flexibility index (Phi) is 10.4. The Labute approximate surface area is 94.7 Å². The molecule has 0 saturated heterocycles. The molecule has 2 N–H and O–H groups in total. The molecule has 0 aliphatic rings. The van der Waals surface area contributed by atoms with Gasteiger partial charge in [0.25, 0.3) is 7.82 Å². The van der Waals surface area contributed by atoms with Gasteiger partial charge in [-0.15, -0.1) is 0 Å². The minimum atomic E-state index is -5.68. The molecule has 15 heavy (non-hydrogen) atoms. The molecule has 0 aromatic rings. The predicted octanol–water partition coefficient (Wildman–Crippen LogP) is -4.90. The van der Waals surface area contributed by atoms with Crippen LogP contribution in [0.15, 0.2) is 0 Å². The molecule has 0 spiro atoms. The summed E-state index contributed by atoms with van der Waals surface area (Å²) in [5, 5.41) is 0. The third kappa shape index (κ3) is 51.9. The summed E-state index contributed by atoms with van der Waals surface area (Å²) in [6, 6.07) is 0. The van der Waals surface area contributed by atoms with Crippen molar-refractivity contribution in [3.8, 4) is 0 Å². The van der Waals surface area contributed by atoms with Crippen molar-refractivity contribution in [2.24, 2.45) is 0 Å². The summed E-state index contributed by atoms with van der Waals surface area (Å²) < 4.78 is 29.9. The smallest absolute Gasteiger partial charge is 0.790 e. The minimum absolute atomic E-state index is 0. The Morgan fingerprint density at radius 3 is 0.933 bits per heavy atom. The summed E-state index contributed by atoms with van der Waals surface area (Å²) in [5.41, 5.74) is 0. The second-order valence-electron chi connectivity index (χ2n) is 1.47. The van der Waals surface area contributed by atoms with E-state index in [1.54, 1.807) is 0 Å². The zero-order valence-electron chi connectivity index (χ0n) is 6.36. The largest absolute Gasteiger partial charge is 5.00 e. The van der Waals surface area contributed by atoms with E-state index in [0.29, 0.717) is 0 Å². The molecule has 0 radical (unpaired) electrons. The van der Waals surface area contributed by atoms with E-state index < -0.39 is 23.5 Å². The van der Waals surface area contributed by atoms with Crippen LogP contribution in [0.3, 0.4) is 0 Å². The van der Waals surface area contributed by atoms with Crippen LogP contribution in [-0.4, -0.2) is 9.79 Å². The van der Waals surface area contributed by atoms with E-state index in [-0.39, 0.29) is 18.6 Å². The molecule has 0 aliphatic heterocycles. The topological polar surface area (TPSA) is 216 Å². The van der Waals surface area contributed by atoms with Crippen LogP contribution in [0.5, 0.6) is 0 Å². The van der Waals surface area contributed by atoms with E-state index in [1.165, 1.54) is 0 Å². The van der Waals surface area contributed by atoms with Gasteiger partial charge in [-0.25, -0.2) is 0 Å². The van der Waals surface area contributed by atoms with Crippen molar-refractivity contribution in [3.63, 3.8) is 0 Å². The maximum absolute atomic E-state index is 9.32. The van der Waals surface area contributed by atoms with E-state index in [0.717, 1.165) is 0 Å². The Balaban J connectivity index is -0.000000208. The zero-order valence-corrected chi connectivity index (χ0v) is 10.4. The van der Waals surface area contributed by atoms with Crippen molar-refractivity contribution in [1.82, 2.24) is 0 Å². The number of rotatable bonds is 2. The number of hydrogen-bond acceptors (Lipinski definition) is 9. The summed E-state index contributed by atoms with van der Waals surface area (Å²) in [4.78, 5) is 60.2. The summed E-state index contributed by atoms with van der Waals surface area (Å²) in [6.45, 7) is 0. The van der Waals surface area contributed by atoms with Gasteiger partial charge in [-0.05, 0) is 0 Å². The number of phosphoric acid groups is 3. The minimum Gasteiger partial charge on any atom is -0.790 e. The first-order chi connectivity index (χ1) is 5.71. The van der Waals surface area contributed by atoms with Crippen LogP contribution < -0.4 is 24.5 Å². The number of hydrogen-bond donors (Lipinski definition) is 2. The van der Waals surface area contributed by atoms with Gasteiger partial charge in [0.2, 0.25) is 0 Å². The van der Waals surface area contributed by atoms with E-state index in [1.807, 2.05) is 0 Å². The van der Waals surface area contributed by atoms with Crippen molar-refractivity contribution in [1.29, 1.82) is 0 Å². The van der Waals surface area contributed by atoms with E-state index in [4.69, 9.17) is 19.2 Å². The molecule has 0 rings (SSSR count). The van der Waals surface area contributed by atoms with Crippen molar-refractivity contribution in [2.75, 3.05) is 0 Å². The van der Waals surface area contributed by atoms with Crippen molar-refractivity contribution in [2.45, 2.75) is 0 Å². The fourth-order valence-electron chi connectivity index (χ4n) is 0.122. The normalized spacial score (nSPS) is 12.2. The third-order valence-corrected chi connectivity index (χ3v) is 1.80. The van der Waals surface area contributed by atoms with Crippen molar-refractivity contribution in [3.05, 3.63) is 0 Å². The maximum atomic E-state index is 9.32. The van der Waals surface area contributed by atoms with E-state index in [2.05, 4.69) is 4.31 Å². The van der Waals surface area contributed by atoms with Crippen LogP contribution >= 0.6 is 23.5 Å². The molecule has 11 nitrogen and oxygen atoms in total. The maximum Gasteiger partial charge on any atom is 5.00 e. The van der Waals surface area contributed by atoms with Crippen LogP contribution in [0.4, 0.5) is 0 Å². The van der Waals surface area contributed by atoms with Gasteiger partial charge in [0.05, 0.1) is 15.6 Å². The molecule has 0 aliphatic carbocycles. The fourth-order valence-corrected chi connectivity index (χ4v) is 1.10. The van der Waals surface area contributed by atoms with Gasteiger partial charge in [0.1, 0.15) is 0 Å². The summed E-state index contributed by atoms with van der Waals surface area (Å²) in [7, 11) is -16.2. The third-order valence-electron chi connectivity index (χ3n) is 0.200. The summed E-state index contributed by atoms with van der Waals surface area (Å²) >= 11 is 0. The first kappa shape index (κ1) is 21.3. The van der Waals surface area contributed by atoms with Gasteiger partial charge in [-0.1, -0.05) is 0 Å². The molecular formula is H2O11P3V. The molecule has 0 fully saturated rings. The van der Waals surface area contributed by atoms with Crippen molar-refractivity contribution < 1.29 is 70.8 Å². The average Bonchev–Trinajstić information content (AvgIpc) is 1.42. The van der Waals surface area contributed by atoms with Gasteiger partial charge < -0.3 is 47.7 Å². The summed E-state index contributed by atoms with van der Waals surface area (Å²) in [6.07, 6.45) is 0. The Morgan fingerprint density at radius 1 is 0.800 bits per heavy atom. The quantitative estimate of drug-likeness (QED) is 0.459. The second kappa shape index (κ2) is 7.31. The van der Waals surface area contributed by atoms with Crippen LogP contribution in [0.25, 0.3) is 0 Å². The van der Waals surface area contributed by atoms with Gasteiger partial charge in [-0.2, -0.15) is 0 Å². The molecule has 0 heterocycles. The molecule has 0 aromatic heterocycles. The predicted molar refractivity (Wildman–Crippen MR) is 28.3 cm³/mol. The molecular weight excluding hydrogens is 320 g/mol. The van der Waals surface area contributed by atoms with Crippen LogP contribution in [0.1, 0.15) is 0 Å². The molecule has 0 saturated carbocycles. The monoisotopic (exact) mass is 322 g/mol. The molecule has 0 aromatic carbocycles. The molecule has 0 amide bonds. The molecule has 0 unspecified atom stereocenters. The van der Waals surface area contributed by atoms with Gasteiger partial charge >= 0.3 is 18.6 Å². The van der Waals surface area contributed by atoms with E-state index in [9.17, 15) is 28.7 Å². The van der Waals surface area contributed by atoms with Crippen molar-refractivity contribution >= 4 is 23.5 Å². The SMILES string of the molecule is O=P([O-])(O)O.O=P([O-])([O-])OP(=O)([O-])[O-].[V+5]. The Morgan fingerprint density at radius 2 is 0.933 bits per heavy atom. The Hall–Kier alpha value is 0.954. The first-order valence-electron chi connectivity index (χ1n) is 2.23. The fraction of sp³-hybridized carbons (Fsp3) is 0. The van der Waals surface area contributed by atoms with Gasteiger partial charge in [0.15, 0.2) is 0 Å². The van der Waals surface area contributed by atoms with Crippen LogP contribution in [0, 0.1) is 0 Å². The zero-order chi connectivity index (χ0) is 12.2. The van der Waals surface area contributed by atoms with Crippen LogP contribution in [0.2, 0.25) is 0 Å². The van der Waals surface area contributed by atoms with Gasteiger partial charge in [0, 0.05) is 0 Å². The standard InChI is InChI=1S/H4O7P2.H3O4P.V/c1-8(2,3)7-9(4,5)6;1-5(2,3)4;/h(H2,1,2,3)(H2,4,5,6);(H3,1,2,3,4);/q;;+5/p-5. The Bertz CT molecular complexity index is 259. The second-order valence-corrected chi connectivity index (χ2v) is 4.89.